The van der Waals surface area contributed by atoms with E-state index in [4.69, 9.17) is 26.0 Å². The highest BCUT2D eigenvalue weighted by Crippen LogP contribution is 2.37. The predicted molar refractivity (Wildman–Crippen MR) is 78.8 cm³/mol. The Morgan fingerprint density at radius 2 is 1.80 bits per heavy atom. The van der Waals surface area contributed by atoms with Crippen molar-refractivity contribution in [3.05, 3.63) is 23.2 Å². The second-order valence-corrected chi connectivity index (χ2v) is 6.16. The lowest BCUT2D eigenvalue weighted by Crippen LogP contribution is -2.41. The van der Waals surface area contributed by atoms with E-state index in [1.165, 1.54) is 6.07 Å². The molecule has 1 aliphatic heterocycles. The van der Waals surface area contributed by atoms with Crippen LogP contribution in [0.15, 0.2) is 18.2 Å². The third kappa shape index (κ3) is 2.77. The van der Waals surface area contributed by atoms with E-state index in [-0.39, 0.29) is 0 Å². The summed E-state index contributed by atoms with van der Waals surface area (Å²) >= 11 is 6.19. The van der Waals surface area contributed by atoms with Gasteiger partial charge in [-0.2, -0.15) is 0 Å². The molecule has 0 atom stereocenters. The van der Waals surface area contributed by atoms with Crippen molar-refractivity contribution in [1.29, 1.82) is 0 Å². The lowest BCUT2D eigenvalue weighted by atomic mass is 9.79. The molecular formula is C13H17BClNO4. The number of benzene rings is 1. The lowest BCUT2D eigenvalue weighted by molar-refractivity contribution is 0.00578. The van der Waals surface area contributed by atoms with E-state index in [9.17, 15) is 4.79 Å². The van der Waals surface area contributed by atoms with Gasteiger partial charge in [0.25, 0.3) is 0 Å². The maximum Gasteiger partial charge on any atom is 0.496 e. The summed E-state index contributed by atoms with van der Waals surface area (Å²) < 4.78 is 11.8. The first-order chi connectivity index (χ1) is 9.12. The summed E-state index contributed by atoms with van der Waals surface area (Å²) in [6.07, 6.45) is -1.13. The van der Waals surface area contributed by atoms with Crippen LogP contribution in [0.5, 0.6) is 0 Å². The maximum absolute atomic E-state index is 10.6. The molecule has 1 amide bonds. The van der Waals surface area contributed by atoms with E-state index in [2.05, 4.69) is 5.32 Å². The summed E-state index contributed by atoms with van der Waals surface area (Å²) in [4.78, 5) is 10.6. The number of amides is 1. The van der Waals surface area contributed by atoms with Gasteiger partial charge in [-0.3, -0.25) is 5.32 Å². The molecule has 5 nitrogen and oxygen atoms in total. The van der Waals surface area contributed by atoms with E-state index in [0.29, 0.717) is 16.2 Å². The molecular weight excluding hydrogens is 280 g/mol. The van der Waals surface area contributed by atoms with Gasteiger partial charge in [-0.15, -0.1) is 0 Å². The third-order valence-corrected chi connectivity index (χ3v) is 4.09. The van der Waals surface area contributed by atoms with Gasteiger partial charge in [-0.25, -0.2) is 4.79 Å². The van der Waals surface area contributed by atoms with Crippen molar-refractivity contribution in [3.63, 3.8) is 0 Å². The first kappa shape index (κ1) is 15.2. The molecule has 1 saturated heterocycles. The number of anilines is 1. The van der Waals surface area contributed by atoms with Crippen LogP contribution in [-0.2, 0) is 9.31 Å². The van der Waals surface area contributed by atoms with Crippen molar-refractivity contribution in [2.75, 3.05) is 5.32 Å². The van der Waals surface area contributed by atoms with Crippen LogP contribution in [-0.4, -0.2) is 29.5 Å². The fourth-order valence-corrected chi connectivity index (χ4v) is 2.16. The Bertz CT molecular complexity index is 531. The van der Waals surface area contributed by atoms with Crippen molar-refractivity contribution >= 4 is 36.0 Å². The zero-order valence-electron chi connectivity index (χ0n) is 11.9. The number of carbonyl (C=O) groups is 1. The Morgan fingerprint density at radius 3 is 2.25 bits per heavy atom. The number of hydrogen-bond donors (Lipinski definition) is 2. The van der Waals surface area contributed by atoms with E-state index in [0.717, 1.165) is 0 Å². The standard InChI is InChI=1S/C13H17BClNO4/c1-12(2)13(3,4)20-14(19-12)9-6-5-8(7-10(9)15)16-11(17)18/h5-7,16H,1-4H3,(H,17,18). The van der Waals surface area contributed by atoms with E-state index < -0.39 is 24.4 Å². The molecule has 20 heavy (non-hydrogen) atoms. The van der Waals surface area contributed by atoms with Gasteiger partial charge in [0.1, 0.15) is 0 Å². The summed E-state index contributed by atoms with van der Waals surface area (Å²) in [5, 5.41) is 11.3. The number of carboxylic acid groups (broad SMARTS) is 1. The summed E-state index contributed by atoms with van der Waals surface area (Å²) in [6, 6.07) is 4.87. The molecule has 108 valence electrons. The fourth-order valence-electron chi connectivity index (χ4n) is 1.89. The molecule has 0 saturated carbocycles. The second-order valence-electron chi connectivity index (χ2n) is 5.75. The minimum absolute atomic E-state index is 0.398. The van der Waals surface area contributed by atoms with Crippen molar-refractivity contribution in [1.82, 2.24) is 0 Å². The molecule has 0 bridgehead atoms. The molecule has 0 aromatic heterocycles. The largest absolute Gasteiger partial charge is 0.496 e. The molecule has 2 rings (SSSR count). The monoisotopic (exact) mass is 297 g/mol. The fraction of sp³-hybridized carbons (Fsp3) is 0.462. The van der Waals surface area contributed by atoms with Crippen LogP contribution in [0, 0.1) is 0 Å². The van der Waals surface area contributed by atoms with Crippen LogP contribution in [0.3, 0.4) is 0 Å². The topological polar surface area (TPSA) is 67.8 Å². The lowest BCUT2D eigenvalue weighted by Gasteiger charge is -2.32. The quantitative estimate of drug-likeness (QED) is 0.824. The van der Waals surface area contributed by atoms with E-state index in [1.54, 1.807) is 12.1 Å². The maximum atomic E-state index is 10.6. The number of halogens is 1. The first-order valence-corrected chi connectivity index (χ1v) is 6.65. The highest BCUT2D eigenvalue weighted by molar-refractivity contribution is 6.65. The van der Waals surface area contributed by atoms with Gasteiger partial charge >= 0.3 is 13.2 Å². The smallest absolute Gasteiger partial charge is 0.465 e. The van der Waals surface area contributed by atoms with Crippen molar-refractivity contribution in [2.24, 2.45) is 0 Å². The molecule has 0 radical (unpaired) electrons. The Kier molecular flexibility index (Phi) is 3.75. The van der Waals surface area contributed by atoms with Crippen LogP contribution in [0.2, 0.25) is 5.02 Å². The highest BCUT2D eigenvalue weighted by Gasteiger charge is 2.52. The number of hydrogen-bond acceptors (Lipinski definition) is 3. The number of rotatable bonds is 2. The van der Waals surface area contributed by atoms with Gasteiger partial charge in [0.2, 0.25) is 0 Å². The van der Waals surface area contributed by atoms with Crippen molar-refractivity contribution in [2.45, 2.75) is 38.9 Å². The molecule has 0 spiro atoms. The highest BCUT2D eigenvalue weighted by atomic mass is 35.5. The first-order valence-electron chi connectivity index (χ1n) is 6.27. The average molecular weight is 298 g/mol. The van der Waals surface area contributed by atoms with Gasteiger partial charge in [0.15, 0.2) is 0 Å². The van der Waals surface area contributed by atoms with Crippen LogP contribution < -0.4 is 10.8 Å². The van der Waals surface area contributed by atoms with Crippen LogP contribution >= 0.6 is 11.6 Å². The molecule has 1 aromatic carbocycles. The van der Waals surface area contributed by atoms with Crippen molar-refractivity contribution < 1.29 is 19.2 Å². The third-order valence-electron chi connectivity index (χ3n) is 3.76. The molecule has 1 fully saturated rings. The molecule has 1 aliphatic rings. The Labute approximate surface area is 123 Å². The zero-order valence-corrected chi connectivity index (χ0v) is 12.6. The molecule has 2 N–H and O–H groups in total. The Hall–Kier alpha value is -1.24. The molecule has 1 aromatic rings. The SMILES string of the molecule is CC1(C)OB(c2ccc(NC(=O)O)cc2Cl)OC1(C)C. The number of nitrogens with one attached hydrogen (secondary N) is 1. The van der Waals surface area contributed by atoms with Crippen molar-refractivity contribution in [3.8, 4) is 0 Å². The summed E-state index contributed by atoms with van der Waals surface area (Å²) in [5.41, 5.74) is 0.196. The molecule has 0 aliphatic carbocycles. The minimum atomic E-state index is -1.13. The van der Waals surface area contributed by atoms with Gasteiger partial charge in [0, 0.05) is 16.2 Å². The average Bonchev–Trinajstić information content (AvgIpc) is 2.46. The minimum Gasteiger partial charge on any atom is -0.465 e. The Morgan fingerprint density at radius 1 is 1.25 bits per heavy atom. The van der Waals surface area contributed by atoms with Gasteiger partial charge < -0.3 is 14.4 Å². The van der Waals surface area contributed by atoms with Crippen LogP contribution in [0.1, 0.15) is 27.7 Å². The molecule has 7 heteroatoms. The second kappa shape index (κ2) is 4.95. The van der Waals surface area contributed by atoms with Gasteiger partial charge in [-0.1, -0.05) is 17.7 Å². The van der Waals surface area contributed by atoms with Crippen LogP contribution in [0.4, 0.5) is 10.5 Å². The molecule has 0 unspecified atom stereocenters. The molecule has 1 heterocycles. The van der Waals surface area contributed by atoms with E-state index >= 15 is 0 Å². The summed E-state index contributed by atoms with van der Waals surface area (Å²) in [6.45, 7) is 7.84. The van der Waals surface area contributed by atoms with Gasteiger partial charge in [-0.05, 0) is 39.8 Å². The van der Waals surface area contributed by atoms with Crippen LogP contribution in [0.25, 0.3) is 0 Å². The zero-order chi connectivity index (χ0) is 15.1. The normalized spacial score (nSPS) is 19.9. The summed E-state index contributed by atoms with van der Waals surface area (Å²) in [5.74, 6) is 0. The van der Waals surface area contributed by atoms with E-state index in [1.807, 2.05) is 27.7 Å². The van der Waals surface area contributed by atoms with Gasteiger partial charge in [0.05, 0.1) is 11.2 Å². The predicted octanol–water partition coefficient (Wildman–Crippen LogP) is 2.73. The Balaban J connectivity index is 2.25. The summed E-state index contributed by atoms with van der Waals surface area (Å²) in [7, 11) is -0.564.